The van der Waals surface area contributed by atoms with Crippen LogP contribution in [0.5, 0.6) is 0 Å². The molecule has 1 aromatic carbocycles. The average molecular weight is 486 g/mol. The van der Waals surface area contributed by atoms with Crippen LogP contribution < -0.4 is 16.2 Å². The molecule has 172 valence electrons. The molecule has 0 bridgehead atoms. The minimum atomic E-state index is -0.570. The highest BCUT2D eigenvalue weighted by Gasteiger charge is 2.24. The number of amides is 1. The number of ether oxygens (including phenoxy) is 1. The summed E-state index contributed by atoms with van der Waals surface area (Å²) in [5.41, 5.74) is 2.39. The third-order valence-electron chi connectivity index (χ3n) is 5.78. The first-order chi connectivity index (χ1) is 15.9. The minimum absolute atomic E-state index is 0.0209. The van der Waals surface area contributed by atoms with Crippen molar-refractivity contribution in [3.8, 4) is 0 Å². The van der Waals surface area contributed by atoms with Crippen LogP contribution in [0.1, 0.15) is 34.6 Å². The number of halogens is 1. The molecule has 3 heterocycles. The monoisotopic (exact) mass is 485 g/mol. The Morgan fingerprint density at radius 3 is 2.91 bits per heavy atom. The number of allylic oxidation sites excluding steroid dienone is 2. The van der Waals surface area contributed by atoms with Crippen LogP contribution in [0.15, 0.2) is 40.8 Å². The number of carbonyl (C=O) groups is 1. The summed E-state index contributed by atoms with van der Waals surface area (Å²) in [7, 11) is 0. The number of hydrogen-bond donors (Lipinski definition) is 2. The van der Waals surface area contributed by atoms with Gasteiger partial charge in [0.15, 0.2) is 0 Å². The number of aromatic nitrogens is 3. The number of benzene rings is 1. The van der Waals surface area contributed by atoms with Gasteiger partial charge in [-0.1, -0.05) is 11.6 Å². The van der Waals surface area contributed by atoms with Gasteiger partial charge >= 0.3 is 0 Å². The van der Waals surface area contributed by atoms with Gasteiger partial charge in [-0.25, -0.2) is 4.98 Å². The Balaban J connectivity index is 1.47. The lowest BCUT2D eigenvalue weighted by atomic mass is 9.99. The fourth-order valence-electron chi connectivity index (χ4n) is 3.92. The third-order valence-corrected chi connectivity index (χ3v) is 7.11. The van der Waals surface area contributed by atoms with Gasteiger partial charge in [0.2, 0.25) is 5.95 Å². The zero-order valence-electron chi connectivity index (χ0n) is 18.1. The summed E-state index contributed by atoms with van der Waals surface area (Å²) in [4.78, 5) is 34.2. The van der Waals surface area contributed by atoms with E-state index in [9.17, 15) is 9.59 Å². The lowest BCUT2D eigenvalue weighted by Crippen LogP contribution is -2.49. The average Bonchev–Trinajstić information content (AvgIpc) is 3.13. The van der Waals surface area contributed by atoms with Crippen molar-refractivity contribution in [2.45, 2.75) is 44.1 Å². The first-order valence-electron chi connectivity index (χ1n) is 10.9. The molecule has 1 unspecified atom stereocenters. The fourth-order valence-corrected chi connectivity index (χ4v) is 4.98. The van der Waals surface area contributed by atoms with Crippen LogP contribution in [0, 0.1) is 6.92 Å². The smallest absolute Gasteiger partial charge is 0.287 e. The molecule has 0 radical (unpaired) electrons. The molecule has 1 fully saturated rings. The van der Waals surface area contributed by atoms with Crippen molar-refractivity contribution < 1.29 is 9.53 Å². The van der Waals surface area contributed by atoms with Gasteiger partial charge < -0.3 is 19.9 Å². The maximum atomic E-state index is 12.8. The predicted molar refractivity (Wildman–Crippen MR) is 130 cm³/mol. The van der Waals surface area contributed by atoms with Crippen LogP contribution in [-0.4, -0.2) is 45.1 Å². The molecule has 1 aliphatic carbocycles. The molecule has 1 saturated heterocycles. The standard InChI is InChI=1S/C23H24ClN5O3S/c1-13-25-19-7-6-16(8-20(19)33-13)27-23-28-22(31)18(21(30)26-17-11-32-12-17)10-29(23)9-14-2-4-15(24)5-3-14/h2,6-8,10,15,17H,3-5,9,11-12H2,1H3,(H,26,30)(H,27,28,31). The Kier molecular flexibility index (Phi) is 6.18. The van der Waals surface area contributed by atoms with Crippen LogP contribution in [0.25, 0.3) is 10.2 Å². The van der Waals surface area contributed by atoms with Crippen LogP contribution >= 0.6 is 22.9 Å². The van der Waals surface area contributed by atoms with Gasteiger partial charge in [-0.15, -0.1) is 22.9 Å². The van der Waals surface area contributed by atoms with Crippen molar-refractivity contribution in [2.75, 3.05) is 18.5 Å². The van der Waals surface area contributed by atoms with Crippen LogP contribution in [0.2, 0.25) is 0 Å². The van der Waals surface area contributed by atoms with Crippen LogP contribution in [0.4, 0.5) is 11.6 Å². The third kappa shape index (κ3) is 4.95. The number of rotatable bonds is 6. The number of anilines is 2. The quantitative estimate of drug-likeness (QED) is 0.407. The Morgan fingerprint density at radius 2 is 2.18 bits per heavy atom. The molecule has 1 atom stereocenters. The number of nitrogens with one attached hydrogen (secondary N) is 2. The number of aryl methyl sites for hydroxylation is 1. The second-order valence-corrected chi connectivity index (χ2v) is 10.2. The van der Waals surface area contributed by atoms with Gasteiger partial charge in [-0.05, 0) is 44.4 Å². The van der Waals surface area contributed by atoms with Crippen molar-refractivity contribution in [3.63, 3.8) is 0 Å². The SMILES string of the molecule is Cc1nc2ccc(Nc3nc(=O)c(C(=O)NC4COC4)cn3CC3=CCC(Cl)CC3)cc2s1. The van der Waals surface area contributed by atoms with Gasteiger partial charge in [-0.3, -0.25) is 9.59 Å². The van der Waals surface area contributed by atoms with Gasteiger partial charge in [0.25, 0.3) is 11.5 Å². The summed E-state index contributed by atoms with van der Waals surface area (Å²) < 4.78 is 7.99. The van der Waals surface area contributed by atoms with E-state index in [1.807, 2.05) is 29.7 Å². The van der Waals surface area contributed by atoms with E-state index in [0.29, 0.717) is 25.7 Å². The molecule has 2 aliphatic rings. The molecule has 8 nitrogen and oxygen atoms in total. The zero-order chi connectivity index (χ0) is 22.9. The highest BCUT2D eigenvalue weighted by molar-refractivity contribution is 7.18. The molecule has 33 heavy (non-hydrogen) atoms. The summed E-state index contributed by atoms with van der Waals surface area (Å²) in [5, 5.41) is 7.24. The zero-order valence-corrected chi connectivity index (χ0v) is 19.7. The summed E-state index contributed by atoms with van der Waals surface area (Å²) in [6.07, 6.45) is 6.31. The maximum Gasteiger partial charge on any atom is 0.287 e. The molecule has 10 heteroatoms. The van der Waals surface area contributed by atoms with Gasteiger partial charge in [0.05, 0.1) is 34.5 Å². The fraction of sp³-hybridized carbons (Fsp3) is 0.391. The molecule has 1 amide bonds. The first kappa shape index (κ1) is 22.1. The van der Waals surface area contributed by atoms with E-state index >= 15 is 0 Å². The van der Waals surface area contributed by atoms with Crippen molar-refractivity contribution >= 4 is 50.7 Å². The number of alkyl halides is 1. The van der Waals surface area contributed by atoms with Gasteiger partial charge in [0.1, 0.15) is 5.56 Å². The molecular weight excluding hydrogens is 462 g/mol. The Labute approximate surface area is 199 Å². The lowest BCUT2D eigenvalue weighted by Gasteiger charge is -2.26. The summed E-state index contributed by atoms with van der Waals surface area (Å²) in [6.45, 7) is 3.41. The normalized spacial score (nSPS) is 18.6. The number of carbonyl (C=O) groups excluding carboxylic acids is 1. The Morgan fingerprint density at radius 1 is 1.33 bits per heavy atom. The molecule has 5 rings (SSSR count). The summed E-state index contributed by atoms with van der Waals surface area (Å²) in [5.74, 6) is -0.0425. The molecule has 0 spiro atoms. The van der Waals surface area contributed by atoms with Crippen molar-refractivity contribution in [1.82, 2.24) is 19.9 Å². The Hall–Kier alpha value is -2.75. The van der Waals surface area contributed by atoms with Gasteiger partial charge in [0, 0.05) is 23.8 Å². The lowest BCUT2D eigenvalue weighted by molar-refractivity contribution is -0.00350. The molecule has 2 aromatic heterocycles. The van der Waals surface area contributed by atoms with E-state index < -0.39 is 11.5 Å². The largest absolute Gasteiger partial charge is 0.377 e. The maximum absolute atomic E-state index is 12.8. The topological polar surface area (TPSA) is 98.1 Å². The van der Waals surface area contributed by atoms with Gasteiger partial charge in [-0.2, -0.15) is 4.98 Å². The van der Waals surface area contributed by atoms with E-state index in [4.69, 9.17) is 16.3 Å². The second kappa shape index (κ2) is 9.24. The van der Waals surface area contributed by atoms with Crippen LogP contribution in [0.3, 0.4) is 0 Å². The van der Waals surface area contributed by atoms with E-state index in [1.54, 1.807) is 17.5 Å². The number of thiazole rings is 1. The van der Waals surface area contributed by atoms with Crippen LogP contribution in [-0.2, 0) is 11.3 Å². The minimum Gasteiger partial charge on any atom is -0.377 e. The number of hydrogen-bond acceptors (Lipinski definition) is 7. The summed E-state index contributed by atoms with van der Waals surface area (Å²) >= 11 is 7.85. The highest BCUT2D eigenvalue weighted by atomic mass is 35.5. The van der Waals surface area contributed by atoms with E-state index in [0.717, 1.165) is 40.2 Å². The van der Waals surface area contributed by atoms with E-state index in [-0.39, 0.29) is 17.0 Å². The number of fused-ring (bicyclic) bond motifs is 1. The first-order valence-corrected chi connectivity index (χ1v) is 12.2. The van der Waals surface area contributed by atoms with E-state index in [2.05, 4.69) is 26.7 Å². The van der Waals surface area contributed by atoms with Crippen molar-refractivity contribution in [2.24, 2.45) is 0 Å². The number of nitrogens with zero attached hydrogens (tertiary/aromatic N) is 3. The summed E-state index contributed by atoms with van der Waals surface area (Å²) in [6, 6.07) is 5.77. The second-order valence-electron chi connectivity index (χ2n) is 8.39. The predicted octanol–water partition coefficient (Wildman–Crippen LogP) is 3.75. The highest BCUT2D eigenvalue weighted by Crippen LogP contribution is 2.27. The van der Waals surface area contributed by atoms with Crippen molar-refractivity contribution in [1.29, 1.82) is 0 Å². The molecule has 1 aliphatic heterocycles. The van der Waals surface area contributed by atoms with E-state index in [1.165, 1.54) is 5.57 Å². The molecule has 0 saturated carbocycles. The molecule has 2 N–H and O–H groups in total. The molecule has 3 aromatic rings. The Bertz CT molecular complexity index is 1300. The molecular formula is C23H24ClN5O3S. The van der Waals surface area contributed by atoms with Crippen molar-refractivity contribution in [3.05, 3.63) is 57.0 Å².